The predicted molar refractivity (Wildman–Crippen MR) is 41.7 cm³/mol. The van der Waals surface area contributed by atoms with Gasteiger partial charge in [0.15, 0.2) is 0 Å². The number of thioether (sulfide) groups is 1. The van der Waals surface area contributed by atoms with Gasteiger partial charge in [-0.1, -0.05) is 0 Å². The Balaban J connectivity index is 2.38. The van der Waals surface area contributed by atoms with Crippen molar-refractivity contribution in [3.8, 4) is 0 Å². The first-order chi connectivity index (χ1) is 4.58. The largest absolute Gasteiger partial charge is 0.266 e. The third kappa shape index (κ3) is 2.90. The lowest BCUT2D eigenvalue weighted by Crippen LogP contribution is -2.16. The molecule has 1 heterocycles. The molecule has 0 spiro atoms. The molecule has 0 amide bonds. The van der Waals surface area contributed by atoms with Gasteiger partial charge in [0.1, 0.15) is 0 Å². The molecule has 0 aromatic rings. The lowest BCUT2D eigenvalue weighted by Gasteiger charge is -2.05. The highest BCUT2D eigenvalue weighted by Crippen LogP contribution is 2.20. The van der Waals surface area contributed by atoms with Gasteiger partial charge in [0.2, 0.25) is 0 Å². The third-order valence-electron chi connectivity index (χ3n) is 1.20. The van der Waals surface area contributed by atoms with Crippen molar-refractivity contribution in [2.24, 2.45) is 0 Å². The third-order valence-corrected chi connectivity index (χ3v) is 2.95. The van der Waals surface area contributed by atoms with E-state index in [4.69, 9.17) is 4.18 Å². The van der Waals surface area contributed by atoms with Crippen LogP contribution < -0.4 is 0 Å². The van der Waals surface area contributed by atoms with Crippen LogP contribution >= 0.6 is 11.8 Å². The molecule has 1 atom stereocenters. The van der Waals surface area contributed by atoms with Crippen molar-refractivity contribution in [2.75, 3.05) is 17.8 Å². The molecular weight excluding hydrogens is 172 g/mol. The van der Waals surface area contributed by atoms with E-state index in [9.17, 15) is 8.42 Å². The normalized spacial score (nSPS) is 27.1. The summed E-state index contributed by atoms with van der Waals surface area (Å²) in [6.07, 6.45) is 1.88. The van der Waals surface area contributed by atoms with Crippen molar-refractivity contribution >= 4 is 21.9 Å². The van der Waals surface area contributed by atoms with Crippen molar-refractivity contribution in [3.05, 3.63) is 0 Å². The van der Waals surface area contributed by atoms with Gasteiger partial charge in [-0.25, -0.2) is 0 Å². The van der Waals surface area contributed by atoms with Crippen LogP contribution in [0.5, 0.6) is 0 Å². The number of hydrogen-bond acceptors (Lipinski definition) is 4. The summed E-state index contributed by atoms with van der Waals surface area (Å²) in [5.41, 5.74) is 0. The molecule has 3 nitrogen and oxygen atoms in total. The Morgan fingerprint density at radius 2 is 2.30 bits per heavy atom. The smallest absolute Gasteiger partial charge is 0.264 e. The minimum atomic E-state index is -3.22. The number of hydrogen-bond donors (Lipinski definition) is 0. The maximum absolute atomic E-state index is 10.6. The second kappa shape index (κ2) is 3.11. The molecule has 0 unspecified atom stereocenters. The Morgan fingerprint density at radius 3 is 2.70 bits per heavy atom. The zero-order valence-electron chi connectivity index (χ0n) is 5.74. The molecule has 1 fully saturated rings. The van der Waals surface area contributed by atoms with E-state index >= 15 is 0 Å². The molecule has 1 rings (SSSR count). The van der Waals surface area contributed by atoms with Gasteiger partial charge >= 0.3 is 0 Å². The Bertz CT molecular complexity index is 191. The molecule has 1 aliphatic heterocycles. The fraction of sp³-hybridized carbons (Fsp3) is 1.00. The fourth-order valence-electron chi connectivity index (χ4n) is 0.836. The molecule has 0 aromatic heterocycles. The standard InChI is InChI=1S/C5H10O3S2/c1-10(6,7)8-5-2-3-9-4-5/h5H,2-4H2,1H3/t5-/m1/s1. The van der Waals surface area contributed by atoms with Crippen molar-refractivity contribution in [1.82, 2.24) is 0 Å². The average molecular weight is 182 g/mol. The SMILES string of the molecule is CS(=O)(=O)O[C@@H]1CCSC1. The molecule has 0 aliphatic carbocycles. The average Bonchev–Trinajstić information content (AvgIpc) is 2.12. The van der Waals surface area contributed by atoms with Gasteiger partial charge in [-0.15, -0.1) is 0 Å². The van der Waals surface area contributed by atoms with Crippen LogP contribution in [0.2, 0.25) is 0 Å². The van der Waals surface area contributed by atoms with E-state index in [-0.39, 0.29) is 6.10 Å². The zero-order valence-corrected chi connectivity index (χ0v) is 7.37. The molecule has 60 valence electrons. The Kier molecular flexibility index (Phi) is 2.60. The van der Waals surface area contributed by atoms with Gasteiger partial charge in [0.25, 0.3) is 10.1 Å². The van der Waals surface area contributed by atoms with Gasteiger partial charge in [-0.3, -0.25) is 4.18 Å². The molecule has 0 N–H and O–H groups in total. The van der Waals surface area contributed by atoms with E-state index in [1.54, 1.807) is 11.8 Å². The quantitative estimate of drug-likeness (QED) is 0.582. The van der Waals surface area contributed by atoms with Gasteiger partial charge in [0.05, 0.1) is 12.4 Å². The summed E-state index contributed by atoms with van der Waals surface area (Å²) >= 11 is 1.73. The molecule has 1 aliphatic rings. The Labute approximate surface area is 65.3 Å². The summed E-state index contributed by atoms with van der Waals surface area (Å²) < 4.78 is 25.9. The second-order valence-corrected chi connectivity index (χ2v) is 5.04. The fourth-order valence-corrected chi connectivity index (χ4v) is 2.67. The van der Waals surface area contributed by atoms with E-state index in [0.29, 0.717) is 0 Å². The van der Waals surface area contributed by atoms with Gasteiger partial charge in [-0.05, 0) is 12.2 Å². The van der Waals surface area contributed by atoms with Crippen LogP contribution in [0.4, 0.5) is 0 Å². The molecule has 0 saturated carbocycles. The lowest BCUT2D eigenvalue weighted by molar-refractivity contribution is 0.239. The molecular formula is C5H10O3S2. The summed E-state index contributed by atoms with van der Waals surface area (Å²) in [7, 11) is -3.22. The minimum absolute atomic E-state index is 0.0694. The van der Waals surface area contributed by atoms with E-state index in [2.05, 4.69) is 0 Å². The van der Waals surface area contributed by atoms with Crippen molar-refractivity contribution in [1.29, 1.82) is 0 Å². The van der Waals surface area contributed by atoms with E-state index in [1.807, 2.05) is 0 Å². The van der Waals surface area contributed by atoms with E-state index in [1.165, 1.54) is 0 Å². The van der Waals surface area contributed by atoms with Gasteiger partial charge in [0, 0.05) is 5.75 Å². The molecule has 10 heavy (non-hydrogen) atoms. The highest BCUT2D eigenvalue weighted by molar-refractivity contribution is 7.99. The second-order valence-electron chi connectivity index (χ2n) is 2.29. The molecule has 0 bridgehead atoms. The Morgan fingerprint density at radius 1 is 1.60 bits per heavy atom. The van der Waals surface area contributed by atoms with Crippen LogP contribution in [-0.4, -0.2) is 32.3 Å². The van der Waals surface area contributed by atoms with E-state index < -0.39 is 10.1 Å². The van der Waals surface area contributed by atoms with Crippen LogP contribution in [0.3, 0.4) is 0 Å². The van der Waals surface area contributed by atoms with Gasteiger partial charge < -0.3 is 0 Å². The zero-order chi connectivity index (χ0) is 7.61. The number of rotatable bonds is 2. The molecule has 0 aromatic carbocycles. The molecule has 5 heteroatoms. The van der Waals surface area contributed by atoms with Crippen molar-refractivity contribution in [2.45, 2.75) is 12.5 Å². The van der Waals surface area contributed by atoms with Crippen molar-refractivity contribution in [3.63, 3.8) is 0 Å². The van der Waals surface area contributed by atoms with Crippen molar-refractivity contribution < 1.29 is 12.6 Å². The van der Waals surface area contributed by atoms with Crippen LogP contribution in [0.15, 0.2) is 0 Å². The maximum atomic E-state index is 10.6. The van der Waals surface area contributed by atoms with Crippen LogP contribution in [0.1, 0.15) is 6.42 Å². The highest BCUT2D eigenvalue weighted by atomic mass is 32.2. The molecule has 0 radical (unpaired) electrons. The first-order valence-corrected chi connectivity index (χ1v) is 6.01. The summed E-state index contributed by atoms with van der Waals surface area (Å²) in [6, 6.07) is 0. The maximum Gasteiger partial charge on any atom is 0.264 e. The van der Waals surface area contributed by atoms with Crippen LogP contribution in [-0.2, 0) is 14.3 Å². The summed E-state index contributed by atoms with van der Waals surface area (Å²) in [4.78, 5) is 0. The summed E-state index contributed by atoms with van der Waals surface area (Å²) in [5.74, 6) is 1.83. The lowest BCUT2D eigenvalue weighted by atomic mass is 10.3. The first kappa shape index (κ1) is 8.36. The van der Waals surface area contributed by atoms with Gasteiger partial charge in [-0.2, -0.15) is 20.2 Å². The highest BCUT2D eigenvalue weighted by Gasteiger charge is 2.19. The summed E-state index contributed by atoms with van der Waals surface area (Å²) in [6.45, 7) is 0. The predicted octanol–water partition coefficient (Wildman–Crippen LogP) is 0.468. The first-order valence-electron chi connectivity index (χ1n) is 3.04. The molecule has 1 saturated heterocycles. The Hall–Kier alpha value is 0.260. The minimum Gasteiger partial charge on any atom is -0.266 e. The van der Waals surface area contributed by atoms with E-state index in [0.717, 1.165) is 24.2 Å². The van der Waals surface area contributed by atoms with Crippen LogP contribution in [0.25, 0.3) is 0 Å². The topological polar surface area (TPSA) is 43.4 Å². The summed E-state index contributed by atoms with van der Waals surface area (Å²) in [5, 5.41) is 0. The van der Waals surface area contributed by atoms with Crippen LogP contribution in [0, 0.1) is 0 Å². The monoisotopic (exact) mass is 182 g/mol.